The molecule has 1 aliphatic heterocycles. The topological polar surface area (TPSA) is 66.8 Å². The molecule has 1 amide bonds. The zero-order valence-corrected chi connectivity index (χ0v) is 9.64. The van der Waals surface area contributed by atoms with Gasteiger partial charge in [0.15, 0.2) is 12.4 Å². The quantitative estimate of drug-likeness (QED) is 0.843. The van der Waals surface area contributed by atoms with Crippen LogP contribution >= 0.6 is 0 Å². The van der Waals surface area contributed by atoms with Gasteiger partial charge in [0.05, 0.1) is 5.69 Å². The van der Waals surface area contributed by atoms with Crippen LogP contribution in [0.25, 0.3) is 0 Å². The number of aromatic carboxylic acids is 1. The highest BCUT2D eigenvalue weighted by Gasteiger charge is 2.30. The zero-order valence-electron chi connectivity index (χ0n) is 9.64. The SMILES string of the molecule is CC(C)N1C(=O)COc2c(C(=O)O)cccc21. The molecule has 1 N–H and O–H groups in total. The lowest BCUT2D eigenvalue weighted by molar-refractivity contribution is -0.121. The predicted octanol–water partition coefficient (Wildman–Crippen LogP) is 1.52. The molecule has 0 aliphatic carbocycles. The van der Waals surface area contributed by atoms with Gasteiger partial charge in [-0.05, 0) is 26.0 Å². The average Bonchev–Trinajstić information content (AvgIpc) is 2.26. The number of carbonyl (C=O) groups excluding carboxylic acids is 1. The van der Waals surface area contributed by atoms with Crippen LogP contribution in [0.15, 0.2) is 18.2 Å². The van der Waals surface area contributed by atoms with Crippen molar-refractivity contribution in [2.45, 2.75) is 19.9 Å². The van der Waals surface area contributed by atoms with Gasteiger partial charge >= 0.3 is 5.97 Å². The van der Waals surface area contributed by atoms with Gasteiger partial charge in [-0.2, -0.15) is 0 Å². The van der Waals surface area contributed by atoms with Crippen molar-refractivity contribution >= 4 is 17.6 Å². The molecular formula is C12H13NO4. The van der Waals surface area contributed by atoms with Crippen LogP contribution in [-0.4, -0.2) is 29.6 Å². The second-order valence-electron chi connectivity index (χ2n) is 4.11. The Labute approximate surface area is 98.6 Å². The Hall–Kier alpha value is -2.04. The number of carboxylic acid groups (broad SMARTS) is 1. The van der Waals surface area contributed by atoms with Crippen LogP contribution in [0.1, 0.15) is 24.2 Å². The van der Waals surface area contributed by atoms with Crippen molar-refractivity contribution in [3.8, 4) is 5.75 Å². The lowest BCUT2D eigenvalue weighted by Crippen LogP contribution is -2.43. The van der Waals surface area contributed by atoms with E-state index < -0.39 is 5.97 Å². The summed E-state index contributed by atoms with van der Waals surface area (Å²) in [6.07, 6.45) is 0. The third-order valence-corrected chi connectivity index (χ3v) is 2.61. The fourth-order valence-electron chi connectivity index (χ4n) is 1.94. The second kappa shape index (κ2) is 4.08. The maximum atomic E-state index is 11.7. The Bertz CT molecular complexity index is 481. The van der Waals surface area contributed by atoms with Crippen LogP contribution in [0.3, 0.4) is 0 Å². The van der Waals surface area contributed by atoms with Crippen molar-refractivity contribution in [1.29, 1.82) is 0 Å². The molecule has 1 heterocycles. The fourth-order valence-corrected chi connectivity index (χ4v) is 1.94. The summed E-state index contributed by atoms with van der Waals surface area (Å²) in [5, 5.41) is 9.05. The number of hydrogen-bond donors (Lipinski definition) is 1. The lowest BCUT2D eigenvalue weighted by atomic mass is 10.1. The Morgan fingerprint density at radius 2 is 2.18 bits per heavy atom. The van der Waals surface area contributed by atoms with Crippen LogP contribution in [0, 0.1) is 0 Å². The van der Waals surface area contributed by atoms with Gasteiger partial charge in [0.25, 0.3) is 5.91 Å². The average molecular weight is 235 g/mol. The van der Waals surface area contributed by atoms with E-state index in [1.54, 1.807) is 17.0 Å². The van der Waals surface area contributed by atoms with E-state index in [2.05, 4.69) is 0 Å². The van der Waals surface area contributed by atoms with Gasteiger partial charge < -0.3 is 14.7 Å². The summed E-state index contributed by atoms with van der Waals surface area (Å²) in [6.45, 7) is 3.64. The summed E-state index contributed by atoms with van der Waals surface area (Å²) >= 11 is 0. The van der Waals surface area contributed by atoms with Gasteiger partial charge in [-0.15, -0.1) is 0 Å². The van der Waals surface area contributed by atoms with E-state index in [9.17, 15) is 9.59 Å². The van der Waals surface area contributed by atoms with E-state index in [0.29, 0.717) is 5.69 Å². The Kier molecular flexibility index (Phi) is 2.75. The molecule has 0 spiro atoms. The van der Waals surface area contributed by atoms with Crippen molar-refractivity contribution in [1.82, 2.24) is 0 Å². The molecule has 17 heavy (non-hydrogen) atoms. The van der Waals surface area contributed by atoms with E-state index in [4.69, 9.17) is 9.84 Å². The number of carbonyl (C=O) groups is 2. The summed E-state index contributed by atoms with van der Waals surface area (Å²) < 4.78 is 5.24. The second-order valence-corrected chi connectivity index (χ2v) is 4.11. The van der Waals surface area contributed by atoms with E-state index in [-0.39, 0.29) is 29.9 Å². The van der Waals surface area contributed by atoms with Crippen molar-refractivity contribution < 1.29 is 19.4 Å². The molecule has 5 heteroatoms. The van der Waals surface area contributed by atoms with Gasteiger partial charge in [-0.1, -0.05) is 6.07 Å². The van der Waals surface area contributed by atoms with Crippen LogP contribution in [-0.2, 0) is 4.79 Å². The number of fused-ring (bicyclic) bond motifs is 1. The molecule has 2 rings (SSSR count). The number of para-hydroxylation sites is 1. The van der Waals surface area contributed by atoms with E-state index in [1.807, 2.05) is 13.8 Å². The molecule has 0 saturated carbocycles. The molecule has 5 nitrogen and oxygen atoms in total. The number of hydrogen-bond acceptors (Lipinski definition) is 3. The Morgan fingerprint density at radius 1 is 1.47 bits per heavy atom. The van der Waals surface area contributed by atoms with Crippen LogP contribution in [0.4, 0.5) is 5.69 Å². The van der Waals surface area contributed by atoms with Gasteiger partial charge in [0.1, 0.15) is 5.56 Å². The summed E-state index contributed by atoms with van der Waals surface area (Å²) in [4.78, 5) is 24.3. The van der Waals surface area contributed by atoms with E-state index in [0.717, 1.165) is 0 Å². The molecule has 1 aromatic carbocycles. The highest BCUT2D eigenvalue weighted by Crippen LogP contribution is 2.36. The minimum atomic E-state index is -1.06. The first kappa shape index (κ1) is 11.4. The standard InChI is InChI=1S/C12H13NO4/c1-7(2)13-9-5-3-4-8(12(15)16)11(9)17-6-10(13)14/h3-5,7H,6H2,1-2H3,(H,15,16). The maximum Gasteiger partial charge on any atom is 0.339 e. The molecule has 0 bridgehead atoms. The minimum Gasteiger partial charge on any atom is -0.481 e. The zero-order chi connectivity index (χ0) is 12.6. The van der Waals surface area contributed by atoms with Gasteiger partial charge in [-0.3, -0.25) is 4.79 Å². The summed E-state index contributed by atoms with van der Waals surface area (Å²) in [5.41, 5.74) is 0.608. The van der Waals surface area contributed by atoms with Gasteiger partial charge in [0, 0.05) is 6.04 Å². The third-order valence-electron chi connectivity index (χ3n) is 2.61. The first-order valence-corrected chi connectivity index (χ1v) is 5.33. The van der Waals surface area contributed by atoms with Crippen LogP contribution < -0.4 is 9.64 Å². The highest BCUT2D eigenvalue weighted by atomic mass is 16.5. The normalized spacial score (nSPS) is 14.5. The number of benzene rings is 1. The molecule has 90 valence electrons. The van der Waals surface area contributed by atoms with Crippen LogP contribution in [0.5, 0.6) is 5.75 Å². The lowest BCUT2D eigenvalue weighted by Gasteiger charge is -2.32. The van der Waals surface area contributed by atoms with Crippen molar-refractivity contribution in [2.24, 2.45) is 0 Å². The molecular weight excluding hydrogens is 222 g/mol. The third kappa shape index (κ3) is 1.84. The van der Waals surface area contributed by atoms with Crippen LogP contribution in [0.2, 0.25) is 0 Å². The molecule has 1 aromatic rings. The molecule has 0 fully saturated rings. The molecule has 0 atom stereocenters. The Morgan fingerprint density at radius 3 is 2.76 bits per heavy atom. The Balaban J connectivity index is 2.58. The predicted molar refractivity (Wildman–Crippen MR) is 61.5 cm³/mol. The molecule has 0 radical (unpaired) electrons. The highest BCUT2D eigenvalue weighted by molar-refractivity contribution is 6.02. The molecule has 1 aliphatic rings. The largest absolute Gasteiger partial charge is 0.481 e. The number of anilines is 1. The fraction of sp³-hybridized carbons (Fsp3) is 0.333. The van der Waals surface area contributed by atoms with Gasteiger partial charge in [-0.25, -0.2) is 4.79 Å². The summed E-state index contributed by atoms with van der Waals surface area (Å²) in [7, 11) is 0. The number of carboxylic acids is 1. The first-order chi connectivity index (χ1) is 8.02. The summed E-state index contributed by atoms with van der Waals surface area (Å²) in [6, 6.07) is 4.74. The van der Waals surface area contributed by atoms with E-state index >= 15 is 0 Å². The number of amides is 1. The van der Waals surface area contributed by atoms with Gasteiger partial charge in [0.2, 0.25) is 0 Å². The molecule has 0 unspecified atom stereocenters. The first-order valence-electron chi connectivity index (χ1n) is 5.33. The number of nitrogens with zero attached hydrogens (tertiary/aromatic N) is 1. The van der Waals surface area contributed by atoms with Crippen molar-refractivity contribution in [2.75, 3.05) is 11.5 Å². The van der Waals surface area contributed by atoms with E-state index in [1.165, 1.54) is 6.07 Å². The number of ether oxygens (including phenoxy) is 1. The minimum absolute atomic E-state index is 0.0332. The maximum absolute atomic E-state index is 11.7. The number of rotatable bonds is 2. The van der Waals surface area contributed by atoms with Crippen molar-refractivity contribution in [3.63, 3.8) is 0 Å². The summed E-state index contributed by atoms with van der Waals surface area (Å²) in [5.74, 6) is -0.941. The monoisotopic (exact) mass is 235 g/mol. The molecule has 0 saturated heterocycles. The van der Waals surface area contributed by atoms with Crippen molar-refractivity contribution in [3.05, 3.63) is 23.8 Å². The molecule has 0 aromatic heterocycles. The smallest absolute Gasteiger partial charge is 0.339 e.